The van der Waals surface area contributed by atoms with Gasteiger partial charge in [0.15, 0.2) is 0 Å². The number of methoxy groups -OCH3 is 1. The highest BCUT2D eigenvalue weighted by Gasteiger charge is 2.45. The third-order valence-corrected chi connectivity index (χ3v) is 11.8. The highest BCUT2D eigenvalue weighted by molar-refractivity contribution is 7.95. The normalized spacial score (nSPS) is 11.9. The smallest absolute Gasteiger partial charge is 0.297 e. The second-order valence-electron chi connectivity index (χ2n) is 8.50. The van der Waals surface area contributed by atoms with Crippen molar-refractivity contribution in [2.24, 2.45) is 0 Å². The summed E-state index contributed by atoms with van der Waals surface area (Å²) in [6.07, 6.45) is 0.763. The molecule has 0 aliphatic heterocycles. The molecule has 0 amide bonds. The maximum Gasteiger partial charge on any atom is 0.297 e. The van der Waals surface area contributed by atoms with Crippen LogP contribution in [0.1, 0.15) is 5.56 Å². The van der Waals surface area contributed by atoms with Gasteiger partial charge in [-0.2, -0.15) is 8.42 Å². The fraction of sp³-hybridized carbons (Fsp3) is 0.200. The second-order valence-corrected chi connectivity index (χ2v) is 13.6. The summed E-state index contributed by atoms with van der Waals surface area (Å²) in [6.45, 7) is 0.981. The molecule has 0 aliphatic rings. The largest absolute Gasteiger partial charge is 0.382 e. The Morgan fingerprint density at radius 3 is 1.51 bits per heavy atom. The van der Waals surface area contributed by atoms with Crippen LogP contribution in [0.15, 0.2) is 120 Å². The van der Waals surface area contributed by atoms with Crippen LogP contribution in [-0.2, 0) is 29.9 Å². The Balaban J connectivity index is 1.64. The van der Waals surface area contributed by atoms with E-state index in [1.165, 1.54) is 15.9 Å². The third-order valence-electron chi connectivity index (χ3n) is 6.12. The van der Waals surface area contributed by atoms with Gasteiger partial charge in [0.25, 0.3) is 10.1 Å². The molecule has 0 aromatic heterocycles. The predicted octanol–water partition coefficient (Wildman–Crippen LogP) is 4.55. The van der Waals surface area contributed by atoms with Crippen molar-refractivity contribution in [2.75, 3.05) is 33.5 Å². The summed E-state index contributed by atoms with van der Waals surface area (Å²) in [5, 5.41) is 3.84. The highest BCUT2D eigenvalue weighted by Crippen LogP contribution is 2.58. The van der Waals surface area contributed by atoms with Gasteiger partial charge in [-0.05, 0) is 54.1 Å². The summed E-state index contributed by atoms with van der Waals surface area (Å²) in [5.74, 6) is 0. The van der Waals surface area contributed by atoms with Gasteiger partial charge in [0, 0.05) is 7.11 Å². The summed E-state index contributed by atoms with van der Waals surface area (Å²) in [5.41, 5.74) is 1.06. The maximum atomic E-state index is 12.7. The van der Waals surface area contributed by atoms with Gasteiger partial charge in [-0.3, -0.25) is 4.18 Å². The van der Waals surface area contributed by atoms with Gasteiger partial charge >= 0.3 is 0 Å². The summed E-state index contributed by atoms with van der Waals surface area (Å²) < 4.78 is 40.7. The Morgan fingerprint density at radius 2 is 1.05 bits per heavy atom. The molecule has 0 aliphatic carbocycles. The van der Waals surface area contributed by atoms with Crippen LogP contribution in [0.5, 0.6) is 0 Å². The molecule has 192 valence electrons. The minimum atomic E-state index is -3.87. The van der Waals surface area contributed by atoms with E-state index in [4.69, 9.17) is 13.7 Å². The molecule has 0 saturated heterocycles. The first-order chi connectivity index (χ1) is 18.1. The molecule has 37 heavy (non-hydrogen) atoms. The first kappa shape index (κ1) is 27.2. The van der Waals surface area contributed by atoms with E-state index in [0.717, 1.165) is 11.7 Å². The zero-order valence-electron chi connectivity index (χ0n) is 20.9. The molecule has 0 N–H and O–H groups in total. The monoisotopic (exact) mass is 535 g/mol. The van der Waals surface area contributed by atoms with E-state index in [0.29, 0.717) is 13.2 Å². The summed E-state index contributed by atoms with van der Waals surface area (Å²) in [6, 6.07) is 38.9. The van der Waals surface area contributed by atoms with Crippen LogP contribution in [0, 0.1) is 0 Å². The Bertz CT molecular complexity index is 1230. The van der Waals surface area contributed by atoms with Crippen molar-refractivity contribution in [1.82, 2.24) is 0 Å². The Kier molecular flexibility index (Phi) is 9.62. The van der Waals surface area contributed by atoms with Crippen LogP contribution in [-0.4, -0.2) is 42.0 Å². The van der Waals surface area contributed by atoms with Crippen molar-refractivity contribution in [3.05, 3.63) is 121 Å². The molecule has 5 nitrogen and oxygen atoms in total. The van der Waals surface area contributed by atoms with Crippen molar-refractivity contribution in [3.8, 4) is 0 Å². The van der Waals surface area contributed by atoms with Gasteiger partial charge < -0.3 is 9.47 Å². The molecule has 0 unspecified atom stereocenters. The standard InChI is InChI=1S/C30H32O5PS/c1-33-21-22-34-23-24-35-37(31,32)30-19-17-26(18-20-30)25-36(27-11-5-2-6-12-27,28-13-7-3-8-14-28)29-15-9-4-10-16-29/h2-20H,21-25H2,1H3/q+1. The van der Waals surface area contributed by atoms with Crippen molar-refractivity contribution < 1.29 is 22.1 Å². The topological polar surface area (TPSA) is 61.8 Å². The second kappa shape index (κ2) is 13.1. The van der Waals surface area contributed by atoms with Crippen LogP contribution >= 0.6 is 7.26 Å². The van der Waals surface area contributed by atoms with E-state index in [2.05, 4.69) is 72.8 Å². The van der Waals surface area contributed by atoms with Gasteiger partial charge in [-0.15, -0.1) is 0 Å². The minimum Gasteiger partial charge on any atom is -0.382 e. The fourth-order valence-electron chi connectivity index (χ4n) is 4.32. The van der Waals surface area contributed by atoms with E-state index in [-0.39, 0.29) is 18.1 Å². The van der Waals surface area contributed by atoms with E-state index in [9.17, 15) is 8.42 Å². The van der Waals surface area contributed by atoms with Crippen molar-refractivity contribution in [2.45, 2.75) is 11.1 Å². The Morgan fingerprint density at radius 1 is 0.595 bits per heavy atom. The molecule has 7 heteroatoms. The number of ether oxygens (including phenoxy) is 2. The van der Waals surface area contributed by atoms with E-state index in [1.54, 1.807) is 19.2 Å². The molecule has 0 fully saturated rings. The molecule has 0 radical (unpaired) electrons. The molecule has 0 bridgehead atoms. The first-order valence-corrected chi connectivity index (χ1v) is 15.5. The number of rotatable bonds is 13. The molecular weight excluding hydrogens is 503 g/mol. The molecule has 0 spiro atoms. The number of benzene rings is 4. The lowest BCUT2D eigenvalue weighted by molar-refractivity contribution is 0.0554. The van der Waals surface area contributed by atoms with Gasteiger partial charge in [-0.25, -0.2) is 0 Å². The average molecular weight is 536 g/mol. The van der Waals surface area contributed by atoms with Crippen LogP contribution in [0.3, 0.4) is 0 Å². The third kappa shape index (κ3) is 6.72. The Hall–Kier alpha value is -2.86. The SMILES string of the molecule is COCCOCCOS(=O)(=O)c1ccc(C[P+](c2ccccc2)(c2ccccc2)c2ccccc2)cc1. The van der Waals surface area contributed by atoms with Crippen LogP contribution in [0.4, 0.5) is 0 Å². The maximum absolute atomic E-state index is 12.7. The minimum absolute atomic E-state index is 0.0432. The van der Waals surface area contributed by atoms with Gasteiger partial charge in [0.05, 0.1) is 37.5 Å². The van der Waals surface area contributed by atoms with E-state index in [1.807, 2.05) is 30.3 Å². The van der Waals surface area contributed by atoms with Crippen LogP contribution in [0.2, 0.25) is 0 Å². The first-order valence-electron chi connectivity index (χ1n) is 12.2. The van der Waals surface area contributed by atoms with E-state index >= 15 is 0 Å². The van der Waals surface area contributed by atoms with Crippen molar-refractivity contribution in [3.63, 3.8) is 0 Å². The summed E-state index contributed by atoms with van der Waals surface area (Å²) >= 11 is 0. The molecule has 4 aromatic carbocycles. The van der Waals surface area contributed by atoms with Crippen molar-refractivity contribution >= 4 is 33.3 Å². The van der Waals surface area contributed by atoms with Crippen molar-refractivity contribution in [1.29, 1.82) is 0 Å². The molecule has 4 rings (SSSR count). The van der Waals surface area contributed by atoms with Gasteiger partial charge in [0.2, 0.25) is 0 Å². The van der Waals surface area contributed by atoms with E-state index < -0.39 is 17.4 Å². The highest BCUT2D eigenvalue weighted by atomic mass is 32.2. The molecule has 0 saturated carbocycles. The lowest BCUT2D eigenvalue weighted by atomic mass is 10.2. The number of hydrogen-bond donors (Lipinski definition) is 0. The summed E-state index contributed by atoms with van der Waals surface area (Å²) in [4.78, 5) is 0.135. The zero-order chi connectivity index (χ0) is 26.0. The predicted molar refractivity (Wildman–Crippen MR) is 151 cm³/mol. The molecular formula is C30H32O5PS+. The van der Waals surface area contributed by atoms with Crippen LogP contribution < -0.4 is 15.9 Å². The van der Waals surface area contributed by atoms with Gasteiger partial charge in [-0.1, -0.05) is 66.7 Å². The lowest BCUT2D eigenvalue weighted by Crippen LogP contribution is -2.32. The average Bonchev–Trinajstić information content (AvgIpc) is 2.95. The fourth-order valence-corrected chi connectivity index (χ4v) is 9.46. The molecule has 0 heterocycles. The van der Waals surface area contributed by atoms with Gasteiger partial charge in [0.1, 0.15) is 23.2 Å². The zero-order valence-corrected chi connectivity index (χ0v) is 22.6. The molecule has 4 aromatic rings. The number of hydrogen-bond acceptors (Lipinski definition) is 5. The quantitative estimate of drug-likeness (QED) is 0.143. The Labute approximate surface area is 220 Å². The van der Waals surface area contributed by atoms with Crippen LogP contribution in [0.25, 0.3) is 0 Å². The summed E-state index contributed by atoms with van der Waals surface area (Å²) in [7, 11) is -4.36. The lowest BCUT2D eigenvalue weighted by Gasteiger charge is -2.28. The molecule has 0 atom stereocenters.